The molecule has 158 valence electrons. The van der Waals surface area contributed by atoms with Crippen LogP contribution in [-0.2, 0) is 16.2 Å². The molecule has 0 aliphatic carbocycles. The summed E-state index contributed by atoms with van der Waals surface area (Å²) in [5, 5.41) is 2.83. The van der Waals surface area contributed by atoms with Crippen LogP contribution in [-0.4, -0.2) is 67.2 Å². The molecule has 9 nitrogen and oxygen atoms in total. The molecule has 0 radical (unpaired) electrons. The predicted molar refractivity (Wildman–Crippen MR) is 99.7 cm³/mol. The molecule has 29 heavy (non-hydrogen) atoms. The molecule has 0 spiro atoms. The Morgan fingerprint density at radius 2 is 1.72 bits per heavy atom. The van der Waals surface area contributed by atoms with Crippen molar-refractivity contribution >= 4 is 27.5 Å². The van der Waals surface area contributed by atoms with Crippen LogP contribution in [0.1, 0.15) is 5.56 Å². The second kappa shape index (κ2) is 7.99. The molecule has 1 aliphatic rings. The van der Waals surface area contributed by atoms with Crippen LogP contribution in [0.5, 0.6) is 5.88 Å². The molecule has 2 aromatic rings. The lowest BCUT2D eigenvalue weighted by Crippen LogP contribution is -2.48. The molecule has 13 heteroatoms. The van der Waals surface area contributed by atoms with Crippen LogP contribution >= 0.6 is 0 Å². The van der Waals surface area contributed by atoms with Crippen LogP contribution in [0.2, 0.25) is 0 Å². The summed E-state index contributed by atoms with van der Waals surface area (Å²) < 4.78 is 67.8. The van der Waals surface area contributed by atoms with E-state index in [4.69, 9.17) is 4.74 Å². The van der Waals surface area contributed by atoms with Crippen molar-refractivity contribution in [3.8, 4) is 5.88 Å². The Bertz CT molecular complexity index is 961. The van der Waals surface area contributed by atoms with Gasteiger partial charge in [0.05, 0.1) is 18.9 Å². The van der Waals surface area contributed by atoms with Crippen molar-refractivity contribution in [2.45, 2.75) is 6.18 Å². The molecule has 0 aromatic carbocycles. The van der Waals surface area contributed by atoms with Crippen LogP contribution < -0.4 is 15.0 Å². The number of methoxy groups -OCH3 is 1. The van der Waals surface area contributed by atoms with E-state index in [1.807, 2.05) is 4.90 Å². The SMILES string of the molecule is COc1cc(Nc2ncc(C(F)(F)F)cn2)cc(N2CCN(S(C)(=O)=O)CC2)n1. The quantitative estimate of drug-likeness (QED) is 0.763. The van der Waals surface area contributed by atoms with Gasteiger partial charge in [-0.15, -0.1) is 0 Å². The molecule has 0 saturated carbocycles. The molecular formula is C16H19F3N6O3S. The summed E-state index contributed by atoms with van der Waals surface area (Å²) in [7, 11) is -1.82. The van der Waals surface area contributed by atoms with Gasteiger partial charge in [-0.1, -0.05) is 0 Å². The number of hydrogen-bond donors (Lipinski definition) is 1. The molecule has 1 aliphatic heterocycles. The third kappa shape index (κ3) is 5.23. The largest absolute Gasteiger partial charge is 0.481 e. The number of nitrogens with zero attached hydrogens (tertiary/aromatic N) is 5. The summed E-state index contributed by atoms with van der Waals surface area (Å²) in [6, 6.07) is 3.22. The Morgan fingerprint density at radius 3 is 2.24 bits per heavy atom. The van der Waals surface area contributed by atoms with Crippen molar-refractivity contribution in [2.75, 3.05) is 49.8 Å². The molecule has 0 amide bonds. The first-order valence-electron chi connectivity index (χ1n) is 8.48. The van der Waals surface area contributed by atoms with Crippen LogP contribution in [0.3, 0.4) is 0 Å². The Balaban J connectivity index is 1.77. The van der Waals surface area contributed by atoms with E-state index in [0.717, 1.165) is 0 Å². The molecule has 2 aromatic heterocycles. The van der Waals surface area contributed by atoms with Gasteiger partial charge >= 0.3 is 6.18 Å². The fourth-order valence-corrected chi connectivity index (χ4v) is 3.57. The van der Waals surface area contributed by atoms with E-state index in [1.165, 1.54) is 17.7 Å². The van der Waals surface area contributed by atoms with E-state index in [0.29, 0.717) is 50.1 Å². The summed E-state index contributed by atoms with van der Waals surface area (Å²) in [6.45, 7) is 1.51. The number of sulfonamides is 1. The third-order valence-electron chi connectivity index (χ3n) is 4.26. The summed E-state index contributed by atoms with van der Waals surface area (Å²) in [4.78, 5) is 13.6. The summed E-state index contributed by atoms with van der Waals surface area (Å²) in [6.07, 6.45) is -1.96. The number of piperazine rings is 1. The van der Waals surface area contributed by atoms with Crippen LogP contribution in [0, 0.1) is 0 Å². The van der Waals surface area contributed by atoms with E-state index in [-0.39, 0.29) is 11.8 Å². The van der Waals surface area contributed by atoms with Gasteiger partial charge in [-0.05, 0) is 0 Å². The van der Waals surface area contributed by atoms with E-state index in [9.17, 15) is 21.6 Å². The third-order valence-corrected chi connectivity index (χ3v) is 5.57. The van der Waals surface area contributed by atoms with Gasteiger partial charge in [-0.25, -0.2) is 18.4 Å². The minimum Gasteiger partial charge on any atom is -0.481 e. The van der Waals surface area contributed by atoms with E-state index in [2.05, 4.69) is 20.3 Å². The number of rotatable bonds is 5. The van der Waals surface area contributed by atoms with E-state index < -0.39 is 21.8 Å². The van der Waals surface area contributed by atoms with Crippen molar-refractivity contribution in [3.63, 3.8) is 0 Å². The van der Waals surface area contributed by atoms with Crippen molar-refractivity contribution in [1.29, 1.82) is 0 Å². The Kier molecular flexibility index (Phi) is 5.80. The van der Waals surface area contributed by atoms with Crippen LogP contribution in [0.25, 0.3) is 0 Å². The average Bonchev–Trinajstić information content (AvgIpc) is 2.67. The second-order valence-corrected chi connectivity index (χ2v) is 8.31. The number of aromatic nitrogens is 3. The van der Waals surface area contributed by atoms with Crippen molar-refractivity contribution in [3.05, 3.63) is 30.1 Å². The topological polar surface area (TPSA) is 101 Å². The van der Waals surface area contributed by atoms with E-state index >= 15 is 0 Å². The zero-order valence-electron chi connectivity index (χ0n) is 15.6. The molecule has 0 unspecified atom stereocenters. The number of halogens is 3. The van der Waals surface area contributed by atoms with Crippen molar-refractivity contribution in [1.82, 2.24) is 19.3 Å². The summed E-state index contributed by atoms with van der Waals surface area (Å²) >= 11 is 0. The highest BCUT2D eigenvalue weighted by molar-refractivity contribution is 7.88. The first-order valence-corrected chi connectivity index (χ1v) is 10.3. The van der Waals surface area contributed by atoms with Crippen molar-refractivity contribution in [2.24, 2.45) is 0 Å². The fraction of sp³-hybridized carbons (Fsp3) is 0.438. The number of pyridine rings is 1. The number of alkyl halides is 3. The van der Waals surface area contributed by atoms with Gasteiger partial charge in [0.25, 0.3) is 0 Å². The zero-order valence-corrected chi connectivity index (χ0v) is 16.5. The monoisotopic (exact) mass is 432 g/mol. The predicted octanol–water partition coefficient (Wildman–Crippen LogP) is 1.72. The first-order chi connectivity index (χ1) is 13.6. The zero-order chi connectivity index (χ0) is 21.2. The highest BCUT2D eigenvalue weighted by atomic mass is 32.2. The standard InChI is InChI=1S/C16H19F3N6O3S/c1-28-14-8-12(22-15-20-9-11(10-21-15)16(17,18)19)7-13(23-14)24-3-5-25(6-4-24)29(2,26)27/h7-10H,3-6H2,1-2H3,(H,20,21,22,23). The molecule has 1 N–H and O–H groups in total. The Hall–Kier alpha value is -2.67. The molecular weight excluding hydrogens is 413 g/mol. The maximum absolute atomic E-state index is 12.6. The smallest absolute Gasteiger partial charge is 0.419 e. The summed E-state index contributed by atoms with van der Waals surface area (Å²) in [5.74, 6) is 0.800. The minimum atomic E-state index is -4.51. The molecule has 0 bridgehead atoms. The molecule has 3 heterocycles. The van der Waals surface area contributed by atoms with Crippen molar-refractivity contribution < 1.29 is 26.3 Å². The maximum Gasteiger partial charge on any atom is 0.419 e. The number of hydrogen-bond acceptors (Lipinski definition) is 8. The summed E-state index contributed by atoms with van der Waals surface area (Å²) in [5.41, 5.74) is -0.475. The average molecular weight is 432 g/mol. The lowest BCUT2D eigenvalue weighted by atomic mass is 10.3. The minimum absolute atomic E-state index is 0.0147. The molecule has 1 saturated heterocycles. The van der Waals surface area contributed by atoms with Gasteiger partial charge in [-0.3, -0.25) is 0 Å². The normalized spacial score (nSPS) is 16.0. The van der Waals surface area contributed by atoms with Gasteiger partial charge < -0.3 is 15.0 Å². The fourth-order valence-electron chi connectivity index (χ4n) is 2.75. The van der Waals surface area contributed by atoms with Crippen LogP contribution in [0.4, 0.5) is 30.6 Å². The number of nitrogens with one attached hydrogen (secondary N) is 1. The lowest BCUT2D eigenvalue weighted by molar-refractivity contribution is -0.138. The molecule has 1 fully saturated rings. The first kappa shape index (κ1) is 21.0. The second-order valence-electron chi connectivity index (χ2n) is 6.32. The van der Waals surface area contributed by atoms with Gasteiger partial charge in [0.15, 0.2) is 0 Å². The Morgan fingerprint density at radius 1 is 1.10 bits per heavy atom. The lowest BCUT2D eigenvalue weighted by Gasteiger charge is -2.34. The highest BCUT2D eigenvalue weighted by Crippen LogP contribution is 2.29. The highest BCUT2D eigenvalue weighted by Gasteiger charge is 2.31. The van der Waals surface area contributed by atoms with Gasteiger partial charge in [-0.2, -0.15) is 22.5 Å². The Labute approximate surface area is 165 Å². The number of anilines is 3. The van der Waals surface area contributed by atoms with Gasteiger partial charge in [0.2, 0.25) is 21.9 Å². The van der Waals surface area contributed by atoms with Crippen LogP contribution in [0.15, 0.2) is 24.5 Å². The van der Waals surface area contributed by atoms with Gasteiger partial charge in [0.1, 0.15) is 5.82 Å². The molecule has 3 rings (SSSR count). The maximum atomic E-state index is 12.6. The number of ether oxygens (including phenoxy) is 1. The molecule has 0 atom stereocenters. The van der Waals surface area contributed by atoms with E-state index in [1.54, 1.807) is 12.1 Å². The van der Waals surface area contributed by atoms with Gasteiger partial charge in [0, 0.05) is 56.4 Å².